The number of aliphatic carboxylic acids is 1. The van der Waals surface area contributed by atoms with E-state index in [1.807, 2.05) is 0 Å². The van der Waals surface area contributed by atoms with Gasteiger partial charge in [0.25, 0.3) is 5.71 Å². The van der Waals surface area contributed by atoms with E-state index >= 15 is 0 Å². The number of carboxylic acids is 1. The molecule has 0 spiro atoms. The van der Waals surface area contributed by atoms with E-state index in [1.165, 1.54) is 6.20 Å². The molecule has 0 amide bonds. The Morgan fingerprint density at radius 1 is 1.64 bits per heavy atom. The monoisotopic (exact) mass is 193 g/mol. The van der Waals surface area contributed by atoms with Crippen molar-refractivity contribution in [2.75, 3.05) is 0 Å². The maximum absolute atomic E-state index is 10.4. The summed E-state index contributed by atoms with van der Waals surface area (Å²) in [5.74, 6) is -0.748. The van der Waals surface area contributed by atoms with Crippen LogP contribution in [0.2, 0.25) is 0 Å². The van der Waals surface area contributed by atoms with Gasteiger partial charge in [0.15, 0.2) is 0 Å². The fraction of sp³-hybridized carbons (Fsp3) is 0.250. The van der Waals surface area contributed by atoms with Crippen LogP contribution in [0.1, 0.15) is 11.5 Å². The number of nitrogens with zero attached hydrogens (tertiary/aromatic N) is 3. The molecule has 0 radical (unpaired) electrons. The number of carbonyl (C=O) groups is 1. The third-order valence-corrected chi connectivity index (χ3v) is 1.77. The molecule has 0 atom stereocenters. The van der Waals surface area contributed by atoms with Gasteiger partial charge in [-0.15, -0.1) is 0 Å². The van der Waals surface area contributed by atoms with Crippen LogP contribution >= 0.6 is 0 Å². The highest BCUT2D eigenvalue weighted by Crippen LogP contribution is 2.13. The first-order chi connectivity index (χ1) is 6.66. The number of aryl methyl sites for hydroxylation is 1. The average molecular weight is 193 g/mol. The van der Waals surface area contributed by atoms with Gasteiger partial charge in [-0.05, 0) is 6.92 Å². The van der Waals surface area contributed by atoms with Crippen molar-refractivity contribution in [2.45, 2.75) is 13.3 Å². The Balaban J connectivity index is 2.46. The molecular weight excluding hydrogens is 186 g/mol. The largest absolute Gasteiger partial charge is 0.481 e. The average Bonchev–Trinajstić information content (AvgIpc) is 2.46. The molecule has 0 bridgehead atoms. The SMILES string of the molecule is Cc1noc2nc(CC(=O)O)ncc12. The highest BCUT2D eigenvalue weighted by atomic mass is 16.5. The summed E-state index contributed by atoms with van der Waals surface area (Å²) in [6.45, 7) is 1.77. The lowest BCUT2D eigenvalue weighted by Gasteiger charge is -1.93. The first kappa shape index (κ1) is 8.61. The van der Waals surface area contributed by atoms with Crippen LogP contribution < -0.4 is 0 Å². The lowest BCUT2D eigenvalue weighted by molar-refractivity contribution is -0.136. The quantitative estimate of drug-likeness (QED) is 0.749. The number of hydrogen-bond acceptors (Lipinski definition) is 5. The van der Waals surface area contributed by atoms with Gasteiger partial charge in [-0.3, -0.25) is 4.79 Å². The zero-order valence-corrected chi connectivity index (χ0v) is 7.39. The minimum Gasteiger partial charge on any atom is -0.481 e. The zero-order chi connectivity index (χ0) is 10.1. The lowest BCUT2D eigenvalue weighted by atomic mass is 10.3. The van der Waals surface area contributed by atoms with Gasteiger partial charge in [-0.25, -0.2) is 4.98 Å². The van der Waals surface area contributed by atoms with Gasteiger partial charge < -0.3 is 9.63 Å². The molecule has 0 fully saturated rings. The summed E-state index contributed by atoms with van der Waals surface area (Å²) < 4.78 is 4.88. The van der Waals surface area contributed by atoms with E-state index in [2.05, 4.69) is 15.1 Å². The van der Waals surface area contributed by atoms with Crippen LogP contribution in [0.5, 0.6) is 0 Å². The summed E-state index contributed by atoms with van der Waals surface area (Å²) in [6.07, 6.45) is 1.31. The minimum absolute atomic E-state index is 0.213. The van der Waals surface area contributed by atoms with E-state index in [1.54, 1.807) is 6.92 Å². The van der Waals surface area contributed by atoms with Crippen molar-refractivity contribution in [1.29, 1.82) is 0 Å². The van der Waals surface area contributed by atoms with Crippen molar-refractivity contribution >= 4 is 17.1 Å². The molecule has 6 heteroatoms. The maximum atomic E-state index is 10.4. The number of carboxylic acid groups (broad SMARTS) is 1. The summed E-state index contributed by atoms with van der Waals surface area (Å²) in [4.78, 5) is 18.2. The molecule has 14 heavy (non-hydrogen) atoms. The van der Waals surface area contributed by atoms with E-state index < -0.39 is 5.97 Å². The molecular formula is C8H7N3O3. The minimum atomic E-state index is -0.972. The molecule has 0 aliphatic heterocycles. The fourth-order valence-corrected chi connectivity index (χ4v) is 1.10. The van der Waals surface area contributed by atoms with Gasteiger partial charge >= 0.3 is 5.97 Å². The molecule has 0 unspecified atom stereocenters. The van der Waals surface area contributed by atoms with Crippen molar-refractivity contribution in [3.05, 3.63) is 17.7 Å². The normalized spacial score (nSPS) is 10.6. The Hall–Kier alpha value is -1.98. The number of hydrogen-bond donors (Lipinski definition) is 1. The summed E-state index contributed by atoms with van der Waals surface area (Å²) in [7, 11) is 0. The second-order valence-electron chi connectivity index (χ2n) is 2.84. The van der Waals surface area contributed by atoms with E-state index in [0.29, 0.717) is 16.8 Å². The molecule has 0 saturated heterocycles. The van der Waals surface area contributed by atoms with Crippen LogP contribution in [0, 0.1) is 6.92 Å². The Morgan fingerprint density at radius 2 is 2.43 bits per heavy atom. The van der Waals surface area contributed by atoms with Crippen LogP contribution in [0.4, 0.5) is 0 Å². The van der Waals surface area contributed by atoms with Gasteiger partial charge in [0.1, 0.15) is 12.2 Å². The Bertz CT molecular complexity index is 492. The standard InChI is InChI=1S/C8H7N3O3/c1-4-5-3-9-6(2-7(12)13)10-8(5)14-11-4/h3H,2H2,1H3,(H,12,13). The lowest BCUT2D eigenvalue weighted by Crippen LogP contribution is -2.04. The molecule has 6 nitrogen and oxygen atoms in total. The highest BCUT2D eigenvalue weighted by molar-refractivity contribution is 5.75. The van der Waals surface area contributed by atoms with Gasteiger partial charge in [0.2, 0.25) is 0 Å². The van der Waals surface area contributed by atoms with Crippen molar-refractivity contribution in [3.63, 3.8) is 0 Å². The van der Waals surface area contributed by atoms with Gasteiger partial charge in [-0.2, -0.15) is 4.98 Å². The maximum Gasteiger partial charge on any atom is 0.311 e. The summed E-state index contributed by atoms with van der Waals surface area (Å²) in [5.41, 5.74) is 1.02. The first-order valence-electron chi connectivity index (χ1n) is 3.96. The second kappa shape index (κ2) is 3.06. The predicted molar refractivity (Wildman–Crippen MR) is 45.7 cm³/mol. The van der Waals surface area contributed by atoms with E-state index in [-0.39, 0.29) is 12.2 Å². The Morgan fingerprint density at radius 3 is 3.14 bits per heavy atom. The summed E-state index contributed by atoms with van der Waals surface area (Å²) >= 11 is 0. The third kappa shape index (κ3) is 1.41. The highest BCUT2D eigenvalue weighted by Gasteiger charge is 2.09. The molecule has 2 heterocycles. The Kier molecular flexibility index (Phi) is 1.88. The number of rotatable bonds is 2. The Labute approximate surface area is 78.6 Å². The van der Waals surface area contributed by atoms with Crippen molar-refractivity contribution in [2.24, 2.45) is 0 Å². The first-order valence-corrected chi connectivity index (χ1v) is 3.96. The van der Waals surface area contributed by atoms with E-state index in [0.717, 1.165) is 0 Å². The molecule has 0 aromatic carbocycles. The predicted octanol–water partition coefficient (Wildman–Crippen LogP) is 0.553. The van der Waals surface area contributed by atoms with Gasteiger partial charge in [-0.1, -0.05) is 5.16 Å². The molecule has 2 aromatic rings. The van der Waals surface area contributed by atoms with Gasteiger partial charge in [0, 0.05) is 6.20 Å². The van der Waals surface area contributed by atoms with E-state index in [4.69, 9.17) is 9.63 Å². The molecule has 2 rings (SSSR count). The molecule has 1 N–H and O–H groups in total. The molecule has 0 aliphatic carbocycles. The molecule has 2 aromatic heterocycles. The molecule has 72 valence electrons. The van der Waals surface area contributed by atoms with Crippen LogP contribution in [-0.2, 0) is 11.2 Å². The van der Waals surface area contributed by atoms with Crippen molar-refractivity contribution < 1.29 is 14.4 Å². The molecule has 0 saturated carbocycles. The van der Waals surface area contributed by atoms with Crippen LogP contribution in [0.3, 0.4) is 0 Å². The van der Waals surface area contributed by atoms with Crippen LogP contribution in [0.25, 0.3) is 11.1 Å². The number of aromatic nitrogens is 3. The topological polar surface area (TPSA) is 89.1 Å². The third-order valence-electron chi connectivity index (χ3n) is 1.77. The van der Waals surface area contributed by atoms with Crippen LogP contribution in [-0.4, -0.2) is 26.2 Å². The summed E-state index contributed by atoms with van der Waals surface area (Å²) in [6, 6.07) is 0. The number of fused-ring (bicyclic) bond motifs is 1. The summed E-state index contributed by atoms with van der Waals surface area (Å²) in [5, 5.41) is 12.9. The second-order valence-corrected chi connectivity index (χ2v) is 2.84. The molecule has 0 aliphatic rings. The zero-order valence-electron chi connectivity index (χ0n) is 7.39. The van der Waals surface area contributed by atoms with Gasteiger partial charge in [0.05, 0.1) is 11.1 Å². The van der Waals surface area contributed by atoms with Crippen LogP contribution in [0.15, 0.2) is 10.7 Å². The van der Waals surface area contributed by atoms with Crippen molar-refractivity contribution in [1.82, 2.24) is 15.1 Å². The fourth-order valence-electron chi connectivity index (χ4n) is 1.10. The van der Waals surface area contributed by atoms with Crippen molar-refractivity contribution in [3.8, 4) is 0 Å². The van der Waals surface area contributed by atoms with E-state index in [9.17, 15) is 4.79 Å². The smallest absolute Gasteiger partial charge is 0.311 e.